The smallest absolute Gasteiger partial charge is 0.284 e. The van der Waals surface area contributed by atoms with E-state index in [1.54, 1.807) is 23.7 Å². The van der Waals surface area contributed by atoms with Gasteiger partial charge in [0.1, 0.15) is 6.33 Å². The maximum Gasteiger partial charge on any atom is 0.284 e. The second-order valence-electron chi connectivity index (χ2n) is 8.41. The number of nitrogens with one attached hydrogen (secondary N) is 1. The topological polar surface area (TPSA) is 131 Å². The van der Waals surface area contributed by atoms with E-state index >= 15 is 0 Å². The first-order valence-electron chi connectivity index (χ1n) is 11.0. The van der Waals surface area contributed by atoms with Gasteiger partial charge in [0.05, 0.1) is 9.82 Å². The van der Waals surface area contributed by atoms with Gasteiger partial charge in [0.25, 0.3) is 11.6 Å². The third-order valence-electron chi connectivity index (χ3n) is 6.31. The van der Waals surface area contributed by atoms with Crippen molar-refractivity contribution in [1.29, 1.82) is 0 Å². The maximum absolute atomic E-state index is 13.1. The molecule has 1 fully saturated rings. The number of carbonyl (C=O) groups excluding carboxylic acids is 1. The normalized spacial score (nSPS) is 16.1. The van der Waals surface area contributed by atoms with Crippen LogP contribution in [0.25, 0.3) is 0 Å². The molecule has 1 N–H and O–H groups in total. The van der Waals surface area contributed by atoms with E-state index < -0.39 is 4.92 Å². The number of nitrogens with zero attached hydrogens (tertiary/aromatic N) is 4. The van der Waals surface area contributed by atoms with E-state index in [9.17, 15) is 14.9 Å². The number of benzene rings is 2. The summed E-state index contributed by atoms with van der Waals surface area (Å²) in [5.41, 5.74) is 0.739. The molecule has 0 aliphatic carbocycles. The Morgan fingerprint density at radius 2 is 2.00 bits per heavy atom. The third kappa shape index (κ3) is 4.66. The first kappa shape index (κ1) is 23.1. The molecule has 182 valence electrons. The second kappa shape index (κ2) is 9.55. The van der Waals surface area contributed by atoms with Gasteiger partial charge >= 0.3 is 0 Å². The maximum atomic E-state index is 13.1. The van der Waals surface area contributed by atoms with Gasteiger partial charge in [-0.1, -0.05) is 6.07 Å². The Kier molecular flexibility index (Phi) is 6.31. The minimum atomic E-state index is -0.498. The summed E-state index contributed by atoms with van der Waals surface area (Å²) in [6, 6.07) is 10.3. The molecule has 1 amide bonds. The third-order valence-corrected chi connectivity index (χ3v) is 7.43. The summed E-state index contributed by atoms with van der Waals surface area (Å²) >= 11 is 1.12. The highest BCUT2D eigenvalue weighted by molar-refractivity contribution is 7.99. The number of hydrogen-bond acceptors (Lipinski definition) is 9. The fraction of sp³-hybridized carbons (Fsp3) is 0.348. The Hall–Kier alpha value is -3.64. The summed E-state index contributed by atoms with van der Waals surface area (Å²) in [6.45, 7) is 1.70. The van der Waals surface area contributed by atoms with Crippen LogP contribution in [0.4, 0.5) is 5.69 Å². The van der Waals surface area contributed by atoms with E-state index in [0.29, 0.717) is 41.3 Å². The minimum absolute atomic E-state index is 0.165. The molecule has 0 atom stereocenters. The molecule has 0 spiro atoms. The van der Waals surface area contributed by atoms with E-state index in [1.807, 2.05) is 18.2 Å². The monoisotopic (exact) mass is 497 g/mol. The van der Waals surface area contributed by atoms with Gasteiger partial charge in [-0.3, -0.25) is 14.9 Å². The van der Waals surface area contributed by atoms with Crippen molar-refractivity contribution in [2.45, 2.75) is 28.3 Å². The van der Waals surface area contributed by atoms with Crippen molar-refractivity contribution in [2.75, 3.05) is 26.6 Å². The molecule has 3 aromatic rings. The van der Waals surface area contributed by atoms with Crippen LogP contribution in [0.2, 0.25) is 0 Å². The lowest BCUT2D eigenvalue weighted by Gasteiger charge is -2.38. The van der Waals surface area contributed by atoms with Crippen molar-refractivity contribution >= 4 is 23.4 Å². The van der Waals surface area contributed by atoms with Gasteiger partial charge in [-0.05, 0) is 54.4 Å². The molecule has 35 heavy (non-hydrogen) atoms. The van der Waals surface area contributed by atoms with Crippen LogP contribution in [-0.4, -0.2) is 52.1 Å². The van der Waals surface area contributed by atoms with E-state index in [2.05, 4.69) is 15.5 Å². The Morgan fingerprint density at radius 1 is 1.20 bits per heavy atom. The number of nitro groups is 1. The number of nitro benzene ring substituents is 1. The van der Waals surface area contributed by atoms with Crippen LogP contribution in [0.5, 0.6) is 11.5 Å². The van der Waals surface area contributed by atoms with Crippen molar-refractivity contribution in [1.82, 2.24) is 20.1 Å². The van der Waals surface area contributed by atoms with Gasteiger partial charge in [-0.25, -0.2) is 0 Å². The van der Waals surface area contributed by atoms with Crippen LogP contribution >= 0.6 is 11.8 Å². The molecule has 0 unspecified atom stereocenters. The van der Waals surface area contributed by atoms with E-state index in [1.165, 1.54) is 12.4 Å². The molecular formula is C23H23N5O6S. The summed E-state index contributed by atoms with van der Waals surface area (Å²) in [5, 5.41) is 23.0. The van der Waals surface area contributed by atoms with Gasteiger partial charge in [0.15, 0.2) is 16.7 Å². The quantitative estimate of drug-likeness (QED) is 0.386. The molecular weight excluding hydrogens is 474 g/mol. The van der Waals surface area contributed by atoms with Crippen molar-refractivity contribution in [3.05, 3.63) is 64.0 Å². The zero-order valence-electron chi connectivity index (χ0n) is 18.9. The minimum Gasteiger partial charge on any atom is -0.454 e. The predicted octanol–water partition coefficient (Wildman–Crippen LogP) is 3.08. The molecule has 1 aromatic heterocycles. The SMILES string of the molecule is Cn1cnnc1Sc1ccc(C(=O)NCC2(c3ccc4c(c3)OCO4)CCOCC2)cc1[N+](=O)[O-]. The average molecular weight is 498 g/mol. The molecule has 0 bridgehead atoms. The van der Waals surface area contributed by atoms with Crippen LogP contribution < -0.4 is 14.8 Å². The highest BCUT2D eigenvalue weighted by atomic mass is 32.2. The number of carbonyl (C=O) groups is 1. The Balaban J connectivity index is 1.35. The van der Waals surface area contributed by atoms with Crippen molar-refractivity contribution in [2.24, 2.45) is 7.05 Å². The van der Waals surface area contributed by atoms with Crippen LogP contribution in [0.1, 0.15) is 28.8 Å². The van der Waals surface area contributed by atoms with Crippen LogP contribution in [0.3, 0.4) is 0 Å². The second-order valence-corrected chi connectivity index (χ2v) is 9.42. The van der Waals surface area contributed by atoms with Crippen molar-refractivity contribution in [3.63, 3.8) is 0 Å². The molecule has 1 saturated heterocycles. The lowest BCUT2D eigenvalue weighted by molar-refractivity contribution is -0.387. The fourth-order valence-corrected chi connectivity index (χ4v) is 5.11. The molecule has 2 aromatic carbocycles. The molecule has 0 radical (unpaired) electrons. The van der Waals surface area contributed by atoms with E-state index in [4.69, 9.17) is 14.2 Å². The first-order valence-corrected chi connectivity index (χ1v) is 11.8. The molecule has 3 heterocycles. The van der Waals surface area contributed by atoms with E-state index in [-0.39, 0.29) is 29.4 Å². The van der Waals surface area contributed by atoms with Crippen LogP contribution in [0, 0.1) is 10.1 Å². The largest absolute Gasteiger partial charge is 0.454 e. The van der Waals surface area contributed by atoms with Crippen molar-refractivity contribution in [3.8, 4) is 11.5 Å². The Bertz CT molecular complexity index is 1270. The number of aromatic nitrogens is 3. The standard InChI is InChI=1S/C23H23N5O6S/c1-27-13-25-26-22(27)35-20-5-2-15(10-17(20)28(30)31)21(29)24-12-23(6-8-32-9-7-23)16-3-4-18-19(11-16)34-14-33-18/h2-5,10-11,13H,6-9,12,14H2,1H3,(H,24,29). The summed E-state index contributed by atoms with van der Waals surface area (Å²) in [7, 11) is 1.75. The molecule has 12 heteroatoms. The van der Waals surface area contributed by atoms with Gasteiger partial charge in [-0.2, -0.15) is 0 Å². The lowest BCUT2D eigenvalue weighted by atomic mass is 9.74. The van der Waals surface area contributed by atoms with Gasteiger partial charge in [0.2, 0.25) is 6.79 Å². The highest BCUT2D eigenvalue weighted by Gasteiger charge is 2.36. The molecule has 11 nitrogen and oxygen atoms in total. The summed E-state index contributed by atoms with van der Waals surface area (Å²) in [5.74, 6) is 1.01. The van der Waals surface area contributed by atoms with Crippen molar-refractivity contribution < 1.29 is 23.9 Å². The van der Waals surface area contributed by atoms with Gasteiger partial charge in [-0.15, -0.1) is 10.2 Å². The predicted molar refractivity (Wildman–Crippen MR) is 125 cm³/mol. The van der Waals surface area contributed by atoms with Gasteiger partial charge in [0, 0.05) is 43.9 Å². The van der Waals surface area contributed by atoms with Crippen LogP contribution in [-0.2, 0) is 17.2 Å². The Labute approximate surface area is 204 Å². The molecule has 2 aliphatic rings. The van der Waals surface area contributed by atoms with Gasteiger partial charge < -0.3 is 24.1 Å². The summed E-state index contributed by atoms with van der Waals surface area (Å²) in [6.07, 6.45) is 2.96. The first-order chi connectivity index (χ1) is 16.9. The summed E-state index contributed by atoms with van der Waals surface area (Å²) in [4.78, 5) is 24.7. The number of ether oxygens (including phenoxy) is 3. The molecule has 5 rings (SSSR count). The zero-order chi connectivity index (χ0) is 24.4. The zero-order valence-corrected chi connectivity index (χ0v) is 19.7. The number of rotatable bonds is 7. The number of fused-ring (bicyclic) bond motifs is 1. The highest BCUT2D eigenvalue weighted by Crippen LogP contribution is 2.41. The molecule has 0 saturated carbocycles. The number of hydrogen-bond donors (Lipinski definition) is 1. The lowest BCUT2D eigenvalue weighted by Crippen LogP contribution is -2.44. The average Bonchev–Trinajstić information content (AvgIpc) is 3.51. The number of amides is 1. The van der Waals surface area contributed by atoms with E-state index in [0.717, 1.165) is 30.2 Å². The fourth-order valence-electron chi connectivity index (χ4n) is 4.26. The Morgan fingerprint density at radius 3 is 2.74 bits per heavy atom. The summed E-state index contributed by atoms with van der Waals surface area (Å²) < 4.78 is 18.2. The molecule has 2 aliphatic heterocycles. The van der Waals surface area contributed by atoms with Crippen LogP contribution in [0.15, 0.2) is 52.8 Å². The number of aryl methyl sites for hydroxylation is 1.